The summed E-state index contributed by atoms with van der Waals surface area (Å²) in [7, 11) is 0. The summed E-state index contributed by atoms with van der Waals surface area (Å²) in [6, 6.07) is 27.3. The van der Waals surface area contributed by atoms with E-state index in [1.54, 1.807) is 0 Å². The SMILES string of the molecule is C[c-]1[c-][c-][c-][c-]1.C[c-]1cccc1.C[c-]1cccc1.[CH-]=O.[CH-]=O.[CH-]=O.[Co].[Co].[Co]. The van der Waals surface area contributed by atoms with Gasteiger partial charge in [-0.05, 0) is 0 Å². The average Bonchev–Trinajstić information content (AvgIpc) is 3.40. The van der Waals surface area contributed by atoms with Crippen LogP contribution in [-0.2, 0) is 64.7 Å². The zero-order chi connectivity index (χ0) is 19.2. The number of hydrogen-bond donors (Lipinski definition) is 0. The van der Waals surface area contributed by atoms with Crippen molar-refractivity contribution in [2.24, 2.45) is 0 Å². The van der Waals surface area contributed by atoms with E-state index in [-0.39, 0.29) is 50.3 Å². The van der Waals surface area contributed by atoms with Crippen molar-refractivity contribution < 1.29 is 64.7 Å². The van der Waals surface area contributed by atoms with Crippen LogP contribution in [0, 0.1) is 45.0 Å². The first kappa shape index (κ1) is 40.3. The molecule has 3 aromatic rings. The van der Waals surface area contributed by atoms with Crippen LogP contribution in [0.1, 0.15) is 16.7 Å². The number of rotatable bonds is 0. The molecule has 0 unspecified atom stereocenters. The van der Waals surface area contributed by atoms with Gasteiger partial charge in [0.25, 0.3) is 0 Å². The van der Waals surface area contributed by atoms with Gasteiger partial charge in [-0.25, -0.2) is 31.2 Å². The van der Waals surface area contributed by atoms with Gasteiger partial charge in [-0.15, -0.1) is 0 Å². The van der Waals surface area contributed by atoms with Gasteiger partial charge >= 0.3 is 0 Å². The van der Waals surface area contributed by atoms with Crippen LogP contribution in [0.4, 0.5) is 0 Å². The molecule has 3 aromatic carbocycles. The summed E-state index contributed by atoms with van der Waals surface area (Å²) in [6.45, 7) is 15.8. The van der Waals surface area contributed by atoms with Gasteiger partial charge < -0.3 is 44.2 Å². The Labute approximate surface area is 194 Å². The Morgan fingerprint density at radius 2 is 0.778 bits per heavy atom. The summed E-state index contributed by atoms with van der Waals surface area (Å²) in [5, 5.41) is 0. The smallest absolute Gasteiger partial charge is 0 e. The molecule has 0 atom stereocenters. The van der Waals surface area contributed by atoms with Crippen molar-refractivity contribution in [1.29, 1.82) is 0 Å². The third-order valence-electron chi connectivity index (χ3n) is 2.22. The Balaban J connectivity index is -0.0000000513. The predicted molar refractivity (Wildman–Crippen MR) is 95.9 cm³/mol. The first-order valence-corrected chi connectivity index (χ1v) is 6.61. The molecular formula is C21H20Co3O3-10. The second kappa shape index (κ2) is 35.6. The molecule has 0 aliphatic carbocycles. The molecule has 0 bridgehead atoms. The molecule has 0 saturated heterocycles. The van der Waals surface area contributed by atoms with E-state index in [1.165, 1.54) is 11.1 Å². The van der Waals surface area contributed by atoms with Crippen LogP contribution < -0.4 is 0 Å². The van der Waals surface area contributed by atoms with E-state index in [2.05, 4.69) is 82.7 Å². The number of aryl methyl sites for hydroxylation is 3. The molecule has 0 saturated carbocycles. The molecular weight excluding hydrogens is 477 g/mol. The summed E-state index contributed by atoms with van der Waals surface area (Å²) in [4.78, 5) is 23.2. The average molecular weight is 497 g/mol. The zero-order valence-corrected chi connectivity index (χ0v) is 18.2. The molecule has 0 fully saturated rings. The van der Waals surface area contributed by atoms with E-state index in [0.29, 0.717) is 0 Å². The monoisotopic (exact) mass is 497 g/mol. The Hall–Kier alpha value is -1.42. The molecule has 3 radical (unpaired) electrons. The second-order valence-corrected chi connectivity index (χ2v) is 4.05. The van der Waals surface area contributed by atoms with E-state index in [4.69, 9.17) is 14.4 Å². The molecule has 0 aromatic heterocycles. The minimum atomic E-state index is 0. The van der Waals surface area contributed by atoms with Crippen LogP contribution >= 0.6 is 0 Å². The van der Waals surface area contributed by atoms with E-state index >= 15 is 0 Å². The molecule has 159 valence electrons. The summed E-state index contributed by atoms with van der Waals surface area (Å²) < 4.78 is 0. The van der Waals surface area contributed by atoms with E-state index < -0.39 is 0 Å². The van der Waals surface area contributed by atoms with Gasteiger partial charge in [0, 0.05) is 50.3 Å². The molecule has 3 rings (SSSR count). The summed E-state index contributed by atoms with van der Waals surface area (Å²) in [6.07, 6.45) is 0. The van der Waals surface area contributed by atoms with E-state index in [1.807, 2.05) is 31.2 Å². The normalized spacial score (nSPS) is 6.33. The summed E-state index contributed by atoms with van der Waals surface area (Å²) in [5.41, 5.74) is 3.67. The van der Waals surface area contributed by atoms with Crippen molar-refractivity contribution in [2.75, 3.05) is 0 Å². The minimum absolute atomic E-state index is 0. The maximum Gasteiger partial charge on any atom is 0 e. The Morgan fingerprint density at radius 3 is 0.852 bits per heavy atom. The van der Waals surface area contributed by atoms with E-state index in [0.717, 1.165) is 5.56 Å². The van der Waals surface area contributed by atoms with Gasteiger partial charge in [0.1, 0.15) is 0 Å². The molecule has 0 heterocycles. The molecule has 27 heavy (non-hydrogen) atoms. The van der Waals surface area contributed by atoms with Crippen LogP contribution in [0.3, 0.4) is 0 Å². The van der Waals surface area contributed by atoms with Gasteiger partial charge in [0.2, 0.25) is 0 Å². The van der Waals surface area contributed by atoms with E-state index in [9.17, 15) is 0 Å². The second-order valence-electron chi connectivity index (χ2n) is 4.05. The maximum absolute atomic E-state index is 7.75. The number of hydrogen-bond acceptors (Lipinski definition) is 3. The molecule has 3 nitrogen and oxygen atoms in total. The van der Waals surface area contributed by atoms with Crippen LogP contribution in [0.2, 0.25) is 0 Å². The van der Waals surface area contributed by atoms with Crippen LogP contribution in [0.25, 0.3) is 0 Å². The van der Waals surface area contributed by atoms with Crippen molar-refractivity contribution >= 4 is 20.4 Å². The van der Waals surface area contributed by atoms with Crippen molar-refractivity contribution in [3.63, 3.8) is 0 Å². The topological polar surface area (TPSA) is 51.2 Å². The van der Waals surface area contributed by atoms with Crippen LogP contribution in [0.15, 0.2) is 48.5 Å². The van der Waals surface area contributed by atoms with Gasteiger partial charge in [0.05, 0.1) is 0 Å². The first-order chi connectivity index (χ1) is 11.7. The van der Waals surface area contributed by atoms with Gasteiger partial charge in [-0.2, -0.15) is 35.4 Å². The van der Waals surface area contributed by atoms with Gasteiger partial charge in [-0.1, -0.05) is 13.8 Å². The van der Waals surface area contributed by atoms with Crippen LogP contribution in [-0.4, -0.2) is 20.4 Å². The van der Waals surface area contributed by atoms with Crippen molar-refractivity contribution in [3.05, 3.63) is 89.5 Å². The first-order valence-electron chi connectivity index (χ1n) is 6.61. The van der Waals surface area contributed by atoms with Crippen molar-refractivity contribution in [3.8, 4) is 0 Å². The predicted octanol–water partition coefficient (Wildman–Crippen LogP) is 3.51. The van der Waals surface area contributed by atoms with Crippen molar-refractivity contribution in [2.45, 2.75) is 20.8 Å². The van der Waals surface area contributed by atoms with Crippen LogP contribution in [0.5, 0.6) is 0 Å². The molecule has 0 amide bonds. The Morgan fingerprint density at radius 1 is 0.556 bits per heavy atom. The summed E-state index contributed by atoms with van der Waals surface area (Å²) in [5.74, 6) is 0. The maximum atomic E-state index is 7.75. The number of carbonyl (C=O) groups excluding carboxylic acids is 3. The molecule has 0 spiro atoms. The molecule has 0 aliphatic rings. The van der Waals surface area contributed by atoms with Gasteiger partial charge in [0.15, 0.2) is 0 Å². The fourth-order valence-corrected chi connectivity index (χ4v) is 1.22. The molecule has 6 heteroatoms. The minimum Gasteiger partial charge on any atom is -0.998 e. The molecule has 0 N–H and O–H groups in total. The zero-order valence-electron chi connectivity index (χ0n) is 15.1. The Bertz CT molecular complexity index is 452. The third-order valence-corrected chi connectivity index (χ3v) is 2.22. The molecule has 0 aliphatic heterocycles. The van der Waals surface area contributed by atoms with Crippen molar-refractivity contribution in [1.82, 2.24) is 0 Å². The fourth-order valence-electron chi connectivity index (χ4n) is 1.22. The van der Waals surface area contributed by atoms with Gasteiger partial charge in [-0.3, -0.25) is 20.4 Å². The third kappa shape index (κ3) is 32.7. The largest absolute Gasteiger partial charge is 0.998 e. The Kier molecular flexibility index (Phi) is 53.2. The fraction of sp³-hybridized carbons (Fsp3) is 0.143. The summed E-state index contributed by atoms with van der Waals surface area (Å²) >= 11 is 0. The standard InChI is InChI=1S/2C6H7.C6H3.3CHO.3Co/c3*1-6-4-2-3-5-6;3*1-2;;;/h2*2-5H,1H3;1H3;3*1H;;;/q2*-1;-5;3*-1;;;. The quantitative estimate of drug-likeness (QED) is 0.353.